The molecule has 0 unspecified atom stereocenters. The summed E-state index contributed by atoms with van der Waals surface area (Å²) in [5.41, 5.74) is 13.1. The van der Waals surface area contributed by atoms with Crippen LogP contribution >= 0.6 is 0 Å². The van der Waals surface area contributed by atoms with Crippen LogP contribution in [-0.4, -0.2) is 23.2 Å². The van der Waals surface area contributed by atoms with Crippen molar-refractivity contribution in [1.29, 1.82) is 0 Å². The Morgan fingerprint density at radius 2 is 1.24 bits per heavy atom. The highest BCUT2D eigenvalue weighted by Crippen LogP contribution is 2.51. The highest BCUT2D eigenvalue weighted by atomic mass is 15.3. The maximum Gasteiger partial charge on any atom is 0.223 e. The topological polar surface area (TPSA) is 39.0 Å². The van der Waals surface area contributed by atoms with Crippen LogP contribution in [0.25, 0.3) is 72.1 Å². The van der Waals surface area contributed by atoms with Crippen molar-refractivity contribution in [2.45, 2.75) is 19.3 Å². The number of aromatic nitrogens is 5. The summed E-state index contributed by atoms with van der Waals surface area (Å²) in [6.07, 6.45) is 0. The van der Waals surface area contributed by atoms with Crippen molar-refractivity contribution in [2.24, 2.45) is 0 Å². The Hall–Kier alpha value is -4.90. The Bertz CT molecular complexity index is 2480. The summed E-state index contributed by atoms with van der Waals surface area (Å²) >= 11 is 0. The van der Waals surface area contributed by atoms with E-state index in [1.165, 1.54) is 38.5 Å². The molecule has 4 heterocycles. The number of hydrogen-bond acceptors (Lipinski definition) is 2. The fourth-order valence-electron chi connectivity index (χ4n) is 7.32. The number of para-hydroxylation sites is 1. The summed E-state index contributed by atoms with van der Waals surface area (Å²) in [7, 11) is 0. The van der Waals surface area contributed by atoms with Crippen molar-refractivity contribution in [3.63, 3.8) is 0 Å². The van der Waals surface area contributed by atoms with Crippen LogP contribution in [0.15, 0.2) is 91.0 Å². The average molecular weight is 488 g/mol. The van der Waals surface area contributed by atoms with Crippen LogP contribution in [0.5, 0.6) is 0 Å². The minimum absolute atomic E-state index is 0.0557. The highest BCUT2D eigenvalue weighted by Gasteiger charge is 2.37. The van der Waals surface area contributed by atoms with Crippen LogP contribution in [0.1, 0.15) is 25.0 Å². The van der Waals surface area contributed by atoms with Gasteiger partial charge < -0.3 is 0 Å². The molecule has 0 saturated heterocycles. The molecular formula is C33H21N5. The molecule has 0 spiro atoms. The summed E-state index contributed by atoms with van der Waals surface area (Å²) < 4.78 is 6.95. The number of fused-ring (bicyclic) bond motifs is 16. The van der Waals surface area contributed by atoms with Gasteiger partial charge in [0.05, 0.1) is 33.1 Å². The summed E-state index contributed by atoms with van der Waals surface area (Å²) in [4.78, 5) is 10.4. The molecule has 1 aliphatic rings. The van der Waals surface area contributed by atoms with Crippen molar-refractivity contribution >= 4 is 60.9 Å². The van der Waals surface area contributed by atoms with E-state index in [4.69, 9.17) is 9.97 Å². The predicted octanol–water partition coefficient (Wildman–Crippen LogP) is 7.59. The Labute approximate surface area is 216 Å². The SMILES string of the molecule is CC1(C)c2ccccc2-c2c1ccc1nc3n(c4cccc5c4n3c3nc4ccc6ccccc6c4n53)c21. The van der Waals surface area contributed by atoms with Gasteiger partial charge in [-0.05, 0) is 46.3 Å². The van der Waals surface area contributed by atoms with Gasteiger partial charge in [-0.1, -0.05) is 80.6 Å². The maximum absolute atomic E-state index is 5.26. The van der Waals surface area contributed by atoms with Gasteiger partial charge in [0.15, 0.2) is 0 Å². The van der Waals surface area contributed by atoms with Crippen molar-refractivity contribution in [3.8, 4) is 11.1 Å². The Balaban J connectivity index is 1.46. The first-order chi connectivity index (χ1) is 18.6. The highest BCUT2D eigenvalue weighted by molar-refractivity contribution is 6.11. The van der Waals surface area contributed by atoms with Gasteiger partial charge in [0.25, 0.3) is 0 Å². The minimum atomic E-state index is -0.0557. The molecule has 0 aliphatic heterocycles. The third kappa shape index (κ3) is 1.92. The van der Waals surface area contributed by atoms with Crippen LogP contribution in [0, 0.1) is 0 Å². The van der Waals surface area contributed by atoms with E-state index in [1.807, 2.05) is 0 Å². The van der Waals surface area contributed by atoms with Crippen LogP contribution < -0.4 is 0 Å². The number of rotatable bonds is 0. The Kier molecular flexibility index (Phi) is 3.02. The molecule has 0 amide bonds. The summed E-state index contributed by atoms with van der Waals surface area (Å²) in [5, 5.41) is 2.44. The third-order valence-electron chi connectivity index (χ3n) is 8.97. The molecular weight excluding hydrogens is 466 g/mol. The predicted molar refractivity (Wildman–Crippen MR) is 154 cm³/mol. The average Bonchev–Trinajstić information content (AvgIpc) is 3.70. The zero-order chi connectivity index (χ0) is 24.9. The summed E-state index contributed by atoms with van der Waals surface area (Å²) in [6.45, 7) is 4.66. The fraction of sp³-hybridized carbons (Fsp3) is 0.0909. The first-order valence-electron chi connectivity index (χ1n) is 13.1. The lowest BCUT2D eigenvalue weighted by Gasteiger charge is -2.21. The molecule has 5 nitrogen and oxygen atoms in total. The van der Waals surface area contributed by atoms with Gasteiger partial charge in [0, 0.05) is 16.4 Å². The molecule has 5 aromatic carbocycles. The van der Waals surface area contributed by atoms with Gasteiger partial charge in [-0.15, -0.1) is 0 Å². The molecule has 10 rings (SSSR count). The van der Waals surface area contributed by atoms with Gasteiger partial charge in [0.2, 0.25) is 11.6 Å². The zero-order valence-electron chi connectivity index (χ0n) is 20.9. The monoisotopic (exact) mass is 487 g/mol. The lowest BCUT2D eigenvalue weighted by Crippen LogP contribution is -2.14. The van der Waals surface area contributed by atoms with Crippen LogP contribution in [-0.2, 0) is 5.41 Å². The lowest BCUT2D eigenvalue weighted by molar-refractivity contribution is 0.661. The van der Waals surface area contributed by atoms with E-state index in [0.29, 0.717) is 0 Å². The van der Waals surface area contributed by atoms with E-state index < -0.39 is 0 Å². The lowest BCUT2D eigenvalue weighted by atomic mass is 9.82. The number of imidazole rings is 4. The number of hydrogen-bond donors (Lipinski definition) is 0. The second-order valence-electron chi connectivity index (χ2n) is 11.2. The third-order valence-corrected chi connectivity index (χ3v) is 8.97. The van der Waals surface area contributed by atoms with Crippen molar-refractivity contribution in [2.75, 3.05) is 0 Å². The largest absolute Gasteiger partial charge is 0.275 e. The molecule has 9 aromatic rings. The first-order valence-corrected chi connectivity index (χ1v) is 13.1. The second kappa shape index (κ2) is 5.97. The summed E-state index contributed by atoms with van der Waals surface area (Å²) in [6, 6.07) is 32.8. The van der Waals surface area contributed by atoms with E-state index in [1.54, 1.807) is 0 Å². The molecule has 5 heteroatoms. The Morgan fingerprint density at radius 3 is 2.08 bits per heavy atom. The van der Waals surface area contributed by atoms with Crippen LogP contribution in [0.2, 0.25) is 0 Å². The first kappa shape index (κ1) is 19.2. The van der Waals surface area contributed by atoms with E-state index >= 15 is 0 Å². The molecule has 4 aromatic heterocycles. The van der Waals surface area contributed by atoms with Gasteiger partial charge in [-0.3, -0.25) is 8.80 Å². The zero-order valence-corrected chi connectivity index (χ0v) is 20.9. The van der Waals surface area contributed by atoms with E-state index in [9.17, 15) is 0 Å². The number of nitrogens with zero attached hydrogens (tertiary/aromatic N) is 5. The van der Waals surface area contributed by atoms with Crippen LogP contribution in [0.3, 0.4) is 0 Å². The smallest absolute Gasteiger partial charge is 0.223 e. The molecule has 178 valence electrons. The van der Waals surface area contributed by atoms with Crippen molar-refractivity contribution in [1.82, 2.24) is 23.2 Å². The second-order valence-corrected chi connectivity index (χ2v) is 11.2. The molecule has 0 N–H and O–H groups in total. The molecule has 0 saturated carbocycles. The normalized spacial score (nSPS) is 14.8. The van der Waals surface area contributed by atoms with E-state index in [2.05, 4.69) is 118 Å². The number of benzene rings is 5. The maximum atomic E-state index is 5.26. The van der Waals surface area contributed by atoms with Gasteiger partial charge in [-0.25, -0.2) is 14.4 Å². The van der Waals surface area contributed by atoms with E-state index in [0.717, 1.165) is 44.7 Å². The molecule has 38 heavy (non-hydrogen) atoms. The molecule has 0 bridgehead atoms. The minimum Gasteiger partial charge on any atom is -0.275 e. The van der Waals surface area contributed by atoms with Crippen molar-refractivity contribution in [3.05, 3.63) is 102 Å². The summed E-state index contributed by atoms with van der Waals surface area (Å²) in [5.74, 6) is 1.82. The van der Waals surface area contributed by atoms with Gasteiger partial charge in [-0.2, -0.15) is 0 Å². The van der Waals surface area contributed by atoms with Crippen LogP contribution in [0.4, 0.5) is 0 Å². The van der Waals surface area contributed by atoms with E-state index in [-0.39, 0.29) is 5.41 Å². The molecule has 1 aliphatic carbocycles. The molecule has 0 fully saturated rings. The van der Waals surface area contributed by atoms with Crippen molar-refractivity contribution < 1.29 is 0 Å². The molecule has 0 atom stereocenters. The van der Waals surface area contributed by atoms with Gasteiger partial charge in [0.1, 0.15) is 5.52 Å². The Morgan fingerprint density at radius 1 is 0.553 bits per heavy atom. The fourth-order valence-corrected chi connectivity index (χ4v) is 7.32. The molecule has 0 radical (unpaired) electrons. The van der Waals surface area contributed by atoms with Gasteiger partial charge >= 0.3 is 0 Å². The quantitative estimate of drug-likeness (QED) is 0.221. The standard InChI is InChI=1S/C33H21N5/c1-33(2)21-11-6-5-10-20(21)27-22(33)15-17-24-29(27)37-26-13-7-12-25-30(26)38(32(37)35-24)31-34-23-16-14-18-8-3-4-9-19(18)28(23)36(25)31/h3-17H,1-2H3.